The molecule has 0 saturated heterocycles. The molecule has 2 aliphatic rings. The molecule has 2 aromatic carbocycles. The first-order valence-electron chi connectivity index (χ1n) is 12.7. The Labute approximate surface area is 221 Å². The Morgan fingerprint density at radius 1 is 1.16 bits per heavy atom. The van der Waals surface area contributed by atoms with Crippen molar-refractivity contribution in [1.29, 1.82) is 0 Å². The number of hydrogen-bond donors (Lipinski definition) is 1. The maximum Gasteiger partial charge on any atom is 0.245 e. The van der Waals surface area contributed by atoms with Gasteiger partial charge in [0.15, 0.2) is 9.84 Å². The molecule has 9 nitrogen and oxygen atoms in total. The first-order chi connectivity index (χ1) is 17.9. The Bertz CT molecular complexity index is 1460. The lowest BCUT2D eigenvalue weighted by Crippen LogP contribution is -2.45. The van der Waals surface area contributed by atoms with Gasteiger partial charge in [0.2, 0.25) is 17.6 Å². The SMILES string of the molecule is CC(C)(C)c1nc(-c2cc3c(cc2F)S(=O)(=O)C[C@H](N)C(=O)N3Cc2ccc(OC3CCCC3)cc2)no1. The highest BCUT2D eigenvalue weighted by Crippen LogP contribution is 2.37. The summed E-state index contributed by atoms with van der Waals surface area (Å²) in [6, 6.07) is 8.19. The highest BCUT2D eigenvalue weighted by Gasteiger charge is 2.37. The summed E-state index contributed by atoms with van der Waals surface area (Å²) >= 11 is 0. The molecule has 11 heteroatoms. The second kappa shape index (κ2) is 9.77. The van der Waals surface area contributed by atoms with E-state index >= 15 is 4.39 Å². The van der Waals surface area contributed by atoms with Crippen LogP contribution in [-0.4, -0.2) is 42.4 Å². The minimum Gasteiger partial charge on any atom is -0.490 e. The molecule has 1 fully saturated rings. The van der Waals surface area contributed by atoms with Crippen LogP contribution in [0.5, 0.6) is 5.75 Å². The summed E-state index contributed by atoms with van der Waals surface area (Å²) in [6.07, 6.45) is 4.59. The fraction of sp³-hybridized carbons (Fsp3) is 0.444. The summed E-state index contributed by atoms with van der Waals surface area (Å²) in [5, 5.41) is 3.90. The first-order valence-corrected chi connectivity index (χ1v) is 14.3. The molecule has 0 unspecified atom stereocenters. The lowest BCUT2D eigenvalue weighted by molar-refractivity contribution is -0.119. The molecule has 5 rings (SSSR count). The molecule has 0 radical (unpaired) electrons. The Balaban J connectivity index is 1.53. The molecule has 1 amide bonds. The zero-order valence-corrected chi connectivity index (χ0v) is 22.4. The number of nitrogens with zero attached hydrogens (tertiary/aromatic N) is 3. The van der Waals surface area contributed by atoms with Gasteiger partial charge in [0.1, 0.15) is 11.6 Å². The Morgan fingerprint density at radius 3 is 2.47 bits per heavy atom. The van der Waals surface area contributed by atoms with E-state index in [-0.39, 0.29) is 34.6 Å². The van der Waals surface area contributed by atoms with Gasteiger partial charge in [-0.1, -0.05) is 38.1 Å². The van der Waals surface area contributed by atoms with Crippen LogP contribution < -0.4 is 15.4 Å². The second-order valence-electron chi connectivity index (χ2n) is 11.0. The van der Waals surface area contributed by atoms with E-state index in [1.165, 1.54) is 11.0 Å². The molecule has 0 spiro atoms. The summed E-state index contributed by atoms with van der Waals surface area (Å²) < 4.78 is 52.8. The van der Waals surface area contributed by atoms with E-state index in [2.05, 4.69) is 10.1 Å². The highest BCUT2D eigenvalue weighted by atomic mass is 32.2. The highest BCUT2D eigenvalue weighted by molar-refractivity contribution is 7.91. The van der Waals surface area contributed by atoms with Crippen molar-refractivity contribution in [2.24, 2.45) is 5.73 Å². The van der Waals surface area contributed by atoms with Crippen molar-refractivity contribution < 1.29 is 26.9 Å². The third-order valence-corrected chi connectivity index (χ3v) is 8.63. The summed E-state index contributed by atoms with van der Waals surface area (Å²) in [5.74, 6) is -1.06. The topological polar surface area (TPSA) is 129 Å². The molecule has 1 aromatic heterocycles. The maximum absolute atomic E-state index is 15.3. The number of amides is 1. The molecular weight excluding hydrogens is 511 g/mol. The van der Waals surface area contributed by atoms with Crippen molar-refractivity contribution in [2.45, 2.75) is 75.5 Å². The number of ether oxygens (including phenoxy) is 1. The lowest BCUT2D eigenvalue weighted by Gasteiger charge is -2.25. The number of fused-ring (bicyclic) bond motifs is 1. The molecule has 1 saturated carbocycles. The van der Waals surface area contributed by atoms with E-state index in [1.807, 2.05) is 45.0 Å². The monoisotopic (exact) mass is 542 g/mol. The van der Waals surface area contributed by atoms with E-state index in [9.17, 15) is 13.2 Å². The average molecular weight is 543 g/mol. The van der Waals surface area contributed by atoms with Crippen molar-refractivity contribution >= 4 is 21.4 Å². The average Bonchev–Trinajstić information content (AvgIpc) is 3.54. The standard InChI is InChI=1S/C27H31FN4O5S/c1-27(2,3)26-30-24(31-37-26)19-12-22-23(13-20(19)28)38(34,35)15-21(29)25(33)32(22)14-16-8-10-18(11-9-16)36-17-6-4-5-7-17/h8-13,17,21H,4-7,14-15,29H2,1-3H3/t21-/m0/s1. The van der Waals surface area contributed by atoms with Crippen molar-refractivity contribution in [3.8, 4) is 17.1 Å². The fourth-order valence-electron chi connectivity index (χ4n) is 4.75. The van der Waals surface area contributed by atoms with Crippen LogP contribution in [0.15, 0.2) is 45.8 Å². The van der Waals surface area contributed by atoms with Crippen molar-refractivity contribution in [2.75, 3.05) is 10.7 Å². The molecule has 2 N–H and O–H groups in total. The van der Waals surface area contributed by atoms with Crippen LogP contribution in [0, 0.1) is 5.82 Å². The zero-order chi connectivity index (χ0) is 27.2. The molecule has 0 bridgehead atoms. The van der Waals surface area contributed by atoms with E-state index in [0.29, 0.717) is 5.89 Å². The number of rotatable bonds is 5. The number of aromatic nitrogens is 2. The number of anilines is 1. The van der Waals surface area contributed by atoms with E-state index in [4.69, 9.17) is 15.0 Å². The van der Waals surface area contributed by atoms with Crippen LogP contribution in [0.1, 0.15) is 57.9 Å². The molecule has 2 heterocycles. The molecular formula is C27H31FN4O5S. The van der Waals surface area contributed by atoms with Gasteiger partial charge < -0.3 is 19.9 Å². The molecule has 3 aromatic rings. The summed E-state index contributed by atoms with van der Waals surface area (Å²) in [5.41, 5.74) is 6.21. The molecule has 1 atom stereocenters. The van der Waals surface area contributed by atoms with Gasteiger partial charge in [-0.15, -0.1) is 0 Å². The normalized spacial score (nSPS) is 19.9. The number of nitrogens with two attached hydrogens (primary N) is 1. The lowest BCUT2D eigenvalue weighted by atomic mass is 9.97. The third-order valence-electron chi connectivity index (χ3n) is 6.83. The zero-order valence-electron chi connectivity index (χ0n) is 21.6. The van der Waals surface area contributed by atoms with Gasteiger partial charge in [-0.05, 0) is 55.5 Å². The van der Waals surface area contributed by atoms with E-state index < -0.39 is 38.8 Å². The van der Waals surface area contributed by atoms with Crippen LogP contribution >= 0.6 is 0 Å². The number of carbonyl (C=O) groups excluding carboxylic acids is 1. The molecule has 202 valence electrons. The van der Waals surface area contributed by atoms with Crippen LogP contribution in [-0.2, 0) is 26.6 Å². The van der Waals surface area contributed by atoms with Crippen molar-refractivity contribution in [3.05, 3.63) is 53.7 Å². The van der Waals surface area contributed by atoms with Gasteiger partial charge in [-0.25, -0.2) is 12.8 Å². The molecule has 1 aliphatic heterocycles. The smallest absolute Gasteiger partial charge is 0.245 e. The largest absolute Gasteiger partial charge is 0.490 e. The van der Waals surface area contributed by atoms with Gasteiger partial charge in [0.25, 0.3) is 0 Å². The molecule has 1 aliphatic carbocycles. The second-order valence-corrected chi connectivity index (χ2v) is 13.0. The van der Waals surface area contributed by atoms with Crippen molar-refractivity contribution in [3.63, 3.8) is 0 Å². The van der Waals surface area contributed by atoms with Crippen LogP contribution in [0.25, 0.3) is 11.4 Å². The van der Waals surface area contributed by atoms with E-state index in [1.54, 1.807) is 0 Å². The van der Waals surface area contributed by atoms with Gasteiger partial charge in [0.05, 0.1) is 40.6 Å². The number of halogens is 1. The quantitative estimate of drug-likeness (QED) is 0.509. The van der Waals surface area contributed by atoms with Gasteiger partial charge in [-0.2, -0.15) is 4.98 Å². The van der Waals surface area contributed by atoms with E-state index in [0.717, 1.165) is 43.1 Å². The van der Waals surface area contributed by atoms with Gasteiger partial charge in [-0.3, -0.25) is 4.79 Å². The Morgan fingerprint density at radius 2 is 1.84 bits per heavy atom. The minimum atomic E-state index is -4.06. The summed E-state index contributed by atoms with van der Waals surface area (Å²) in [4.78, 5) is 18.6. The number of sulfone groups is 1. The third kappa shape index (κ3) is 5.17. The number of benzene rings is 2. The predicted octanol–water partition coefficient (Wildman–Crippen LogP) is 4.14. The van der Waals surface area contributed by atoms with Crippen LogP contribution in [0.3, 0.4) is 0 Å². The first kappa shape index (κ1) is 26.3. The maximum atomic E-state index is 15.3. The number of hydrogen-bond acceptors (Lipinski definition) is 8. The Hall–Kier alpha value is -3.31. The predicted molar refractivity (Wildman–Crippen MR) is 139 cm³/mol. The minimum absolute atomic E-state index is 0.0211. The molecule has 38 heavy (non-hydrogen) atoms. The summed E-state index contributed by atoms with van der Waals surface area (Å²) in [7, 11) is -4.06. The Kier molecular flexibility index (Phi) is 6.77. The van der Waals surface area contributed by atoms with Gasteiger partial charge >= 0.3 is 0 Å². The van der Waals surface area contributed by atoms with Crippen LogP contribution in [0.2, 0.25) is 0 Å². The van der Waals surface area contributed by atoms with Crippen molar-refractivity contribution in [1.82, 2.24) is 10.1 Å². The van der Waals surface area contributed by atoms with Gasteiger partial charge in [0, 0.05) is 5.41 Å². The van der Waals surface area contributed by atoms with Crippen LogP contribution in [0.4, 0.5) is 10.1 Å². The number of carbonyl (C=O) groups is 1. The summed E-state index contributed by atoms with van der Waals surface area (Å²) in [6.45, 7) is 5.64. The fourth-order valence-corrected chi connectivity index (χ4v) is 6.31.